The Morgan fingerprint density at radius 1 is 1.29 bits per heavy atom. The third-order valence-corrected chi connectivity index (χ3v) is 5.48. The number of nitrogens with zero attached hydrogens (tertiary/aromatic N) is 1. The average molecular weight is 294 g/mol. The van der Waals surface area contributed by atoms with Crippen LogP contribution in [0.3, 0.4) is 0 Å². The van der Waals surface area contributed by atoms with E-state index in [0.29, 0.717) is 5.92 Å². The molecule has 1 aliphatic carbocycles. The van der Waals surface area contributed by atoms with Gasteiger partial charge in [-0.3, -0.25) is 9.59 Å². The van der Waals surface area contributed by atoms with Gasteiger partial charge < -0.3 is 10.2 Å². The number of hydrogen-bond donors (Lipinski definition) is 1. The van der Waals surface area contributed by atoms with Crippen molar-refractivity contribution in [1.82, 2.24) is 10.2 Å². The van der Waals surface area contributed by atoms with Crippen molar-refractivity contribution in [3.8, 4) is 0 Å². The van der Waals surface area contributed by atoms with Crippen LogP contribution in [-0.4, -0.2) is 34.3 Å². The molecular formula is C17H30N2O2. The zero-order valence-electron chi connectivity index (χ0n) is 14.1. The molecule has 0 spiro atoms. The maximum absolute atomic E-state index is 13.0. The highest BCUT2D eigenvalue weighted by Gasteiger charge is 2.58. The maximum Gasteiger partial charge on any atom is 0.246 e. The molecule has 0 bridgehead atoms. The van der Waals surface area contributed by atoms with Gasteiger partial charge in [0.25, 0.3) is 0 Å². The molecule has 4 nitrogen and oxygen atoms in total. The fraction of sp³-hybridized carbons (Fsp3) is 0.882. The zero-order chi connectivity index (χ0) is 15.8. The van der Waals surface area contributed by atoms with Crippen LogP contribution in [0, 0.1) is 11.8 Å². The van der Waals surface area contributed by atoms with Crippen molar-refractivity contribution >= 4 is 11.8 Å². The molecule has 0 aromatic heterocycles. The summed E-state index contributed by atoms with van der Waals surface area (Å²) in [5, 5.41) is 3.03. The predicted octanol–water partition coefficient (Wildman–Crippen LogP) is 2.72. The highest BCUT2D eigenvalue weighted by Crippen LogP contribution is 2.46. The Bertz CT molecular complexity index is 419. The third-order valence-electron chi connectivity index (χ3n) is 5.48. The molecule has 120 valence electrons. The van der Waals surface area contributed by atoms with E-state index in [1.165, 1.54) is 0 Å². The number of hydrogen-bond acceptors (Lipinski definition) is 2. The van der Waals surface area contributed by atoms with E-state index in [-0.39, 0.29) is 29.8 Å². The van der Waals surface area contributed by atoms with Crippen molar-refractivity contribution in [2.75, 3.05) is 0 Å². The van der Waals surface area contributed by atoms with Crippen molar-refractivity contribution in [2.24, 2.45) is 11.8 Å². The zero-order valence-corrected chi connectivity index (χ0v) is 14.1. The molecule has 1 N–H and O–H groups in total. The van der Waals surface area contributed by atoms with Gasteiger partial charge in [-0.1, -0.05) is 33.6 Å². The molecule has 2 rings (SSSR count). The van der Waals surface area contributed by atoms with Crippen LogP contribution in [0.2, 0.25) is 0 Å². The lowest BCUT2D eigenvalue weighted by Gasteiger charge is -2.50. The van der Waals surface area contributed by atoms with E-state index < -0.39 is 5.54 Å². The van der Waals surface area contributed by atoms with E-state index in [0.717, 1.165) is 32.1 Å². The first-order valence-corrected chi connectivity index (χ1v) is 8.51. The third kappa shape index (κ3) is 2.69. The topological polar surface area (TPSA) is 49.4 Å². The lowest BCUT2D eigenvalue weighted by Crippen LogP contribution is -2.73. The van der Waals surface area contributed by atoms with Crippen molar-refractivity contribution in [3.63, 3.8) is 0 Å². The van der Waals surface area contributed by atoms with Gasteiger partial charge >= 0.3 is 0 Å². The monoisotopic (exact) mass is 294 g/mol. The Kier molecular flexibility index (Phi) is 4.64. The summed E-state index contributed by atoms with van der Waals surface area (Å²) in [4.78, 5) is 27.8. The molecule has 1 heterocycles. The average Bonchev–Trinajstić information content (AvgIpc) is 3.27. The fourth-order valence-electron chi connectivity index (χ4n) is 3.71. The molecule has 2 fully saturated rings. The summed E-state index contributed by atoms with van der Waals surface area (Å²) >= 11 is 0. The van der Waals surface area contributed by atoms with Crippen LogP contribution in [0.5, 0.6) is 0 Å². The number of piperazine rings is 1. The van der Waals surface area contributed by atoms with Crippen LogP contribution in [0.1, 0.15) is 66.7 Å². The molecule has 4 heteroatoms. The molecule has 2 aliphatic rings. The van der Waals surface area contributed by atoms with Crippen LogP contribution in [0.25, 0.3) is 0 Å². The Morgan fingerprint density at radius 2 is 1.90 bits per heavy atom. The number of amides is 2. The van der Waals surface area contributed by atoms with E-state index in [1.807, 2.05) is 18.7 Å². The van der Waals surface area contributed by atoms with Gasteiger partial charge in [0.15, 0.2) is 0 Å². The van der Waals surface area contributed by atoms with E-state index >= 15 is 0 Å². The number of nitrogens with one attached hydrogen (secondary N) is 1. The molecular weight excluding hydrogens is 264 g/mol. The quantitative estimate of drug-likeness (QED) is 0.819. The molecule has 1 saturated carbocycles. The molecule has 0 radical (unpaired) electrons. The van der Waals surface area contributed by atoms with E-state index in [1.54, 1.807) is 0 Å². The van der Waals surface area contributed by atoms with E-state index in [9.17, 15) is 9.59 Å². The summed E-state index contributed by atoms with van der Waals surface area (Å²) in [5.74, 6) is 0.692. The molecule has 4 atom stereocenters. The molecule has 0 aromatic carbocycles. The van der Waals surface area contributed by atoms with Gasteiger partial charge in [0.1, 0.15) is 11.6 Å². The second kappa shape index (κ2) is 5.98. The van der Waals surface area contributed by atoms with Crippen molar-refractivity contribution < 1.29 is 9.59 Å². The lowest BCUT2D eigenvalue weighted by molar-refractivity contribution is -0.163. The smallest absolute Gasteiger partial charge is 0.246 e. The summed E-state index contributed by atoms with van der Waals surface area (Å²) in [7, 11) is 0. The van der Waals surface area contributed by atoms with Crippen LogP contribution < -0.4 is 5.32 Å². The first kappa shape index (κ1) is 16.3. The first-order valence-electron chi connectivity index (χ1n) is 8.51. The first-order chi connectivity index (χ1) is 9.87. The minimum Gasteiger partial charge on any atom is -0.342 e. The SMILES string of the molecule is CCCC(C)N1C(=O)C(C(C)CC)NC(=O)C1(C)C1CC1. The second-order valence-corrected chi connectivity index (χ2v) is 7.10. The lowest BCUT2D eigenvalue weighted by atomic mass is 9.83. The number of carbonyl (C=O) groups is 2. The highest BCUT2D eigenvalue weighted by molar-refractivity contribution is 6.00. The standard InChI is InChI=1S/C17H30N2O2/c1-6-8-12(4)19-15(20)14(11(3)7-2)18-16(21)17(19,5)13-9-10-13/h11-14H,6-10H2,1-5H3,(H,18,21). The van der Waals surface area contributed by atoms with Crippen molar-refractivity contribution in [1.29, 1.82) is 0 Å². The largest absolute Gasteiger partial charge is 0.342 e. The van der Waals surface area contributed by atoms with Crippen LogP contribution in [0.4, 0.5) is 0 Å². The minimum absolute atomic E-state index is 0.0536. The summed E-state index contributed by atoms with van der Waals surface area (Å²) in [6, 6.07) is -0.223. The van der Waals surface area contributed by atoms with Gasteiger partial charge in [-0.2, -0.15) is 0 Å². The molecule has 4 unspecified atom stereocenters. The summed E-state index contributed by atoms with van der Waals surface area (Å²) in [6.07, 6.45) is 4.99. The normalized spacial score (nSPS) is 32.8. The Balaban J connectivity index is 2.34. The van der Waals surface area contributed by atoms with E-state index in [2.05, 4.69) is 26.1 Å². The molecule has 1 aliphatic heterocycles. The van der Waals surface area contributed by atoms with Gasteiger partial charge in [-0.05, 0) is 44.9 Å². The Hall–Kier alpha value is -1.06. The van der Waals surface area contributed by atoms with Gasteiger partial charge in [-0.25, -0.2) is 0 Å². The molecule has 2 amide bonds. The molecule has 21 heavy (non-hydrogen) atoms. The molecule has 1 saturated heterocycles. The summed E-state index contributed by atoms with van der Waals surface area (Å²) in [6.45, 7) is 10.3. The summed E-state index contributed by atoms with van der Waals surface area (Å²) in [5.41, 5.74) is -0.643. The van der Waals surface area contributed by atoms with Crippen LogP contribution in [0.15, 0.2) is 0 Å². The van der Waals surface area contributed by atoms with Gasteiger partial charge in [-0.15, -0.1) is 0 Å². The molecule has 0 aromatic rings. The predicted molar refractivity (Wildman–Crippen MR) is 83.7 cm³/mol. The fourth-order valence-corrected chi connectivity index (χ4v) is 3.71. The van der Waals surface area contributed by atoms with Gasteiger partial charge in [0.05, 0.1) is 0 Å². The van der Waals surface area contributed by atoms with Gasteiger partial charge in [0, 0.05) is 6.04 Å². The number of rotatable bonds is 6. The Morgan fingerprint density at radius 3 is 2.38 bits per heavy atom. The van der Waals surface area contributed by atoms with Crippen LogP contribution in [-0.2, 0) is 9.59 Å². The Labute approximate surface area is 128 Å². The van der Waals surface area contributed by atoms with Crippen LogP contribution >= 0.6 is 0 Å². The minimum atomic E-state index is -0.643. The maximum atomic E-state index is 13.0. The highest BCUT2D eigenvalue weighted by atomic mass is 16.2. The van der Waals surface area contributed by atoms with Crippen molar-refractivity contribution in [2.45, 2.75) is 84.3 Å². The second-order valence-electron chi connectivity index (χ2n) is 7.10. The van der Waals surface area contributed by atoms with Crippen molar-refractivity contribution in [3.05, 3.63) is 0 Å². The van der Waals surface area contributed by atoms with Gasteiger partial charge in [0.2, 0.25) is 11.8 Å². The van der Waals surface area contributed by atoms with E-state index in [4.69, 9.17) is 0 Å². The summed E-state index contributed by atoms with van der Waals surface area (Å²) < 4.78 is 0. The number of carbonyl (C=O) groups excluding carboxylic acids is 2.